The zero-order valence-corrected chi connectivity index (χ0v) is 16.2. The van der Waals surface area contributed by atoms with Crippen LogP contribution in [-0.2, 0) is 0 Å². The first-order chi connectivity index (χ1) is 10.8. The van der Waals surface area contributed by atoms with Gasteiger partial charge in [-0.1, -0.05) is 77.0 Å². The van der Waals surface area contributed by atoms with Crippen LogP contribution in [0.1, 0.15) is 78.1 Å². The molecule has 3 aliphatic carbocycles. The first-order valence-corrected chi connectivity index (χ1v) is 12.9. The summed E-state index contributed by atoms with van der Waals surface area (Å²) in [4.78, 5) is 0. The van der Waals surface area contributed by atoms with Crippen molar-refractivity contribution in [3.8, 4) is 0 Å². The van der Waals surface area contributed by atoms with Crippen LogP contribution < -0.4 is 0 Å². The van der Waals surface area contributed by atoms with Gasteiger partial charge in [-0.15, -0.1) is 6.58 Å². The highest BCUT2D eigenvalue weighted by atomic mass is 28.3. The van der Waals surface area contributed by atoms with Gasteiger partial charge in [-0.05, 0) is 48.1 Å². The molecule has 0 nitrogen and oxygen atoms in total. The Kier molecular flexibility index (Phi) is 5.53. The minimum atomic E-state index is -1.09. The quantitative estimate of drug-likeness (QED) is 0.359. The summed E-state index contributed by atoms with van der Waals surface area (Å²) < 4.78 is 0. The van der Waals surface area contributed by atoms with Crippen LogP contribution in [-0.4, -0.2) is 8.07 Å². The lowest BCUT2D eigenvalue weighted by atomic mass is 9.77. The van der Waals surface area contributed by atoms with Crippen molar-refractivity contribution in [3.63, 3.8) is 0 Å². The van der Waals surface area contributed by atoms with Crippen molar-refractivity contribution in [2.45, 2.75) is 101 Å². The highest BCUT2D eigenvalue weighted by molar-refractivity contribution is 6.82. The minimum absolute atomic E-state index is 0.999. The third-order valence-electron chi connectivity index (χ3n) is 8.25. The van der Waals surface area contributed by atoms with Gasteiger partial charge >= 0.3 is 0 Å². The Morgan fingerprint density at radius 2 is 1.50 bits per heavy atom. The standard InChI is InChI=1S/C21H38Si/c1-4-11-17-16-21(20-15-10-9-14-19(17)20)22(5-2,6-3)18-12-7-8-13-18/h4,17-21H,1,5-16H2,2-3H3. The van der Waals surface area contributed by atoms with Crippen LogP contribution in [0.15, 0.2) is 12.7 Å². The van der Waals surface area contributed by atoms with Crippen molar-refractivity contribution in [2.24, 2.45) is 17.8 Å². The van der Waals surface area contributed by atoms with Crippen molar-refractivity contribution in [3.05, 3.63) is 12.7 Å². The summed E-state index contributed by atoms with van der Waals surface area (Å²) in [5.41, 5.74) is 2.35. The van der Waals surface area contributed by atoms with E-state index in [2.05, 4.69) is 26.5 Å². The molecular formula is C21H38Si. The van der Waals surface area contributed by atoms with E-state index in [1.165, 1.54) is 43.2 Å². The van der Waals surface area contributed by atoms with Gasteiger partial charge in [-0.25, -0.2) is 0 Å². The normalized spacial score (nSPS) is 36.5. The zero-order valence-electron chi connectivity index (χ0n) is 15.2. The van der Waals surface area contributed by atoms with Gasteiger partial charge in [0.25, 0.3) is 0 Å². The molecule has 3 saturated carbocycles. The van der Waals surface area contributed by atoms with Crippen LogP contribution in [0.25, 0.3) is 0 Å². The topological polar surface area (TPSA) is 0 Å². The fraction of sp³-hybridized carbons (Fsp3) is 0.905. The van der Waals surface area contributed by atoms with Gasteiger partial charge < -0.3 is 0 Å². The molecular weight excluding hydrogens is 280 g/mol. The van der Waals surface area contributed by atoms with Crippen LogP contribution in [0.4, 0.5) is 0 Å². The molecule has 3 fully saturated rings. The second-order valence-corrected chi connectivity index (χ2v) is 14.1. The van der Waals surface area contributed by atoms with Gasteiger partial charge in [-0.3, -0.25) is 0 Å². The molecule has 1 heteroatoms. The van der Waals surface area contributed by atoms with E-state index < -0.39 is 8.07 Å². The summed E-state index contributed by atoms with van der Waals surface area (Å²) in [6.07, 6.45) is 17.5. The van der Waals surface area contributed by atoms with Gasteiger partial charge in [-0.2, -0.15) is 0 Å². The second-order valence-electron chi connectivity index (χ2n) is 8.66. The summed E-state index contributed by atoms with van der Waals surface area (Å²) in [5.74, 6) is 3.19. The van der Waals surface area contributed by atoms with E-state index in [1.807, 2.05) is 0 Å². The Morgan fingerprint density at radius 1 is 0.909 bits per heavy atom. The summed E-state index contributed by atoms with van der Waals surface area (Å²) in [6, 6.07) is 3.14. The Bertz CT molecular complexity index is 364. The van der Waals surface area contributed by atoms with Crippen LogP contribution in [0.5, 0.6) is 0 Å². The fourth-order valence-corrected chi connectivity index (χ4v) is 14.2. The number of fused-ring (bicyclic) bond motifs is 1. The Balaban J connectivity index is 1.87. The number of hydrogen-bond donors (Lipinski definition) is 0. The maximum atomic E-state index is 4.08. The first-order valence-electron chi connectivity index (χ1n) is 10.4. The molecule has 0 amide bonds. The van der Waals surface area contributed by atoms with E-state index >= 15 is 0 Å². The second kappa shape index (κ2) is 7.24. The lowest BCUT2D eigenvalue weighted by Crippen LogP contribution is -2.45. The van der Waals surface area contributed by atoms with Crippen LogP contribution in [0.2, 0.25) is 23.2 Å². The molecule has 3 rings (SSSR count). The average Bonchev–Trinajstić information content (AvgIpc) is 3.20. The average molecular weight is 319 g/mol. The Labute approximate surface area is 140 Å². The molecule has 4 atom stereocenters. The molecule has 0 heterocycles. The molecule has 0 radical (unpaired) electrons. The molecule has 0 aliphatic heterocycles. The van der Waals surface area contributed by atoms with Gasteiger partial charge in [0.05, 0.1) is 8.07 Å². The maximum Gasteiger partial charge on any atom is 0.0595 e. The van der Waals surface area contributed by atoms with Crippen LogP contribution in [0.3, 0.4) is 0 Å². The van der Waals surface area contributed by atoms with Crippen molar-refractivity contribution in [1.82, 2.24) is 0 Å². The first kappa shape index (κ1) is 16.8. The monoisotopic (exact) mass is 318 g/mol. The zero-order chi connectivity index (χ0) is 15.6. The van der Waals surface area contributed by atoms with E-state index in [0.29, 0.717) is 0 Å². The third-order valence-corrected chi connectivity index (χ3v) is 15.2. The predicted octanol–water partition coefficient (Wildman–Crippen LogP) is 7.19. The highest BCUT2D eigenvalue weighted by Crippen LogP contribution is 2.62. The molecule has 0 aromatic carbocycles. The maximum absolute atomic E-state index is 4.08. The van der Waals surface area contributed by atoms with Crippen LogP contribution >= 0.6 is 0 Å². The van der Waals surface area contributed by atoms with Gasteiger partial charge in [0.2, 0.25) is 0 Å². The fourth-order valence-electron chi connectivity index (χ4n) is 7.25. The molecule has 4 unspecified atom stereocenters. The lowest BCUT2D eigenvalue weighted by Gasteiger charge is -2.45. The van der Waals surface area contributed by atoms with Crippen molar-refractivity contribution in [2.75, 3.05) is 0 Å². The molecule has 0 aromatic heterocycles. The largest absolute Gasteiger partial charge is 0.103 e. The Morgan fingerprint density at radius 3 is 2.09 bits per heavy atom. The van der Waals surface area contributed by atoms with Gasteiger partial charge in [0.1, 0.15) is 0 Å². The smallest absolute Gasteiger partial charge is 0.0595 e. The number of hydrogen-bond acceptors (Lipinski definition) is 0. The van der Waals surface area contributed by atoms with E-state index in [1.54, 1.807) is 44.2 Å². The third kappa shape index (κ3) is 2.76. The molecule has 126 valence electrons. The Hall–Kier alpha value is -0.0431. The lowest BCUT2D eigenvalue weighted by molar-refractivity contribution is 0.227. The minimum Gasteiger partial charge on any atom is -0.103 e. The highest BCUT2D eigenvalue weighted by Gasteiger charge is 2.54. The number of rotatable bonds is 6. The molecule has 3 aliphatic rings. The molecule has 0 N–H and O–H groups in total. The molecule has 0 bridgehead atoms. The summed E-state index contributed by atoms with van der Waals surface area (Å²) in [6.45, 7) is 9.23. The van der Waals surface area contributed by atoms with Crippen molar-refractivity contribution >= 4 is 8.07 Å². The van der Waals surface area contributed by atoms with E-state index in [-0.39, 0.29) is 0 Å². The summed E-state index contributed by atoms with van der Waals surface area (Å²) >= 11 is 0. The SMILES string of the molecule is C=CCC1CC([Si](CC)(CC)C2CCCC2)C2CCCCC12. The summed E-state index contributed by atoms with van der Waals surface area (Å²) in [7, 11) is -1.09. The van der Waals surface area contributed by atoms with Gasteiger partial charge in [0, 0.05) is 0 Å². The van der Waals surface area contributed by atoms with E-state index in [4.69, 9.17) is 0 Å². The van der Waals surface area contributed by atoms with E-state index in [0.717, 1.165) is 17.8 Å². The molecule has 22 heavy (non-hydrogen) atoms. The molecule has 0 spiro atoms. The van der Waals surface area contributed by atoms with E-state index in [9.17, 15) is 0 Å². The molecule has 0 aromatic rings. The summed E-state index contributed by atoms with van der Waals surface area (Å²) in [5, 5.41) is 0. The number of allylic oxidation sites excluding steroid dienone is 1. The van der Waals surface area contributed by atoms with Crippen molar-refractivity contribution < 1.29 is 0 Å². The molecule has 0 saturated heterocycles. The van der Waals surface area contributed by atoms with Gasteiger partial charge in [0.15, 0.2) is 0 Å². The van der Waals surface area contributed by atoms with Crippen molar-refractivity contribution in [1.29, 1.82) is 0 Å². The predicted molar refractivity (Wildman–Crippen MR) is 101 cm³/mol. The van der Waals surface area contributed by atoms with Crippen LogP contribution in [0, 0.1) is 17.8 Å².